The number of anilines is 1. The Kier molecular flexibility index (Phi) is 6.82. The van der Waals surface area contributed by atoms with Gasteiger partial charge in [-0.1, -0.05) is 39.8 Å². The van der Waals surface area contributed by atoms with Crippen LogP contribution in [0.15, 0.2) is 18.2 Å². The lowest BCUT2D eigenvalue weighted by atomic mass is 9.57. The lowest BCUT2D eigenvalue weighted by molar-refractivity contribution is -0.184. The number of esters is 1. The van der Waals surface area contributed by atoms with Crippen LogP contribution in [-0.2, 0) is 24.5 Å². The number of likely N-dealkylation sites (N-methyl/N-ethyl adjacent to an activating group) is 1. The molecule has 10 nitrogen and oxygen atoms in total. The highest BCUT2D eigenvalue weighted by molar-refractivity contribution is 6.15. The summed E-state index contributed by atoms with van der Waals surface area (Å²) in [5.41, 5.74) is 3.20. The summed E-state index contributed by atoms with van der Waals surface area (Å²) in [6, 6.07) is 4.89. The van der Waals surface area contributed by atoms with Crippen LogP contribution in [0, 0.1) is 11.3 Å². The number of fused-ring (bicyclic) bond motifs is 4. The predicted octanol–water partition coefficient (Wildman–Crippen LogP) is 2.51. The second-order valence-electron chi connectivity index (χ2n) is 15.2. The monoisotopic (exact) mass is 596 g/mol. The third-order valence-electron chi connectivity index (χ3n) is 12.0. The highest BCUT2D eigenvalue weighted by atomic mass is 16.6. The second kappa shape index (κ2) is 9.57. The van der Waals surface area contributed by atoms with Gasteiger partial charge in [-0.2, -0.15) is 0 Å². The minimum absolute atomic E-state index is 0.0216. The van der Waals surface area contributed by atoms with Crippen molar-refractivity contribution in [3.05, 3.63) is 29.3 Å². The average Bonchev–Trinajstić information content (AvgIpc) is 3.42. The molecule has 4 fully saturated rings. The number of nitrogens with zero attached hydrogens (tertiary/aromatic N) is 1. The normalized spacial score (nSPS) is 39.6. The minimum Gasteiger partial charge on any atom is -0.461 e. The Morgan fingerprint density at radius 1 is 1.21 bits per heavy atom. The van der Waals surface area contributed by atoms with E-state index in [-0.39, 0.29) is 41.8 Å². The van der Waals surface area contributed by atoms with E-state index in [1.54, 1.807) is 6.07 Å². The third-order valence-corrected chi connectivity index (χ3v) is 12.0. The number of carbonyl (C=O) groups excluding carboxylic acids is 3. The molecule has 0 bridgehead atoms. The topological polar surface area (TPSA) is 147 Å². The summed E-state index contributed by atoms with van der Waals surface area (Å²) in [5, 5.41) is 19.6. The molecule has 8 atom stereocenters. The summed E-state index contributed by atoms with van der Waals surface area (Å²) in [4.78, 5) is 42.9. The summed E-state index contributed by atoms with van der Waals surface area (Å²) in [7, 11) is 1.87. The molecule has 1 spiro atoms. The molecule has 4 aliphatic heterocycles. The number of carbonyl (C=O) groups is 3. The summed E-state index contributed by atoms with van der Waals surface area (Å²) in [6.45, 7) is 14.2. The van der Waals surface area contributed by atoms with Crippen LogP contribution in [0.2, 0.25) is 0 Å². The number of ketones is 1. The van der Waals surface area contributed by atoms with Crippen molar-refractivity contribution in [2.75, 3.05) is 18.9 Å². The summed E-state index contributed by atoms with van der Waals surface area (Å²) < 4.78 is 11.6. The number of nitrogens with one attached hydrogen (secondary N) is 2. The SMILES string of the molecule is CN[C@]12CN3[C@H](C[C@H](OC(=O)[C@@H](N)C(C)C)C[C@@H]3C)C[C@]1(O)C(C)(C)[C@]1(C2)C(=O)Nc2c(C(=O)[C@H]3OC3(C)C)cccc21. The van der Waals surface area contributed by atoms with Gasteiger partial charge >= 0.3 is 5.97 Å². The number of aliphatic hydroxyl groups is 1. The van der Waals surface area contributed by atoms with Crippen LogP contribution in [0.3, 0.4) is 0 Å². The first-order chi connectivity index (χ1) is 20.0. The van der Waals surface area contributed by atoms with E-state index in [0.717, 1.165) is 5.56 Å². The van der Waals surface area contributed by atoms with Gasteiger partial charge in [-0.25, -0.2) is 0 Å². The molecule has 6 rings (SSSR count). The lowest BCUT2D eigenvalue weighted by Crippen LogP contribution is -2.75. The largest absolute Gasteiger partial charge is 0.461 e. The van der Waals surface area contributed by atoms with Crippen molar-refractivity contribution in [2.24, 2.45) is 17.1 Å². The minimum atomic E-state index is -1.30. The quantitative estimate of drug-likeness (QED) is 0.221. The zero-order valence-electron chi connectivity index (χ0n) is 26.7. The average molecular weight is 597 g/mol. The van der Waals surface area contributed by atoms with Crippen molar-refractivity contribution in [1.29, 1.82) is 0 Å². The zero-order chi connectivity index (χ0) is 31.5. The van der Waals surface area contributed by atoms with Crippen molar-refractivity contribution in [3.8, 4) is 0 Å². The van der Waals surface area contributed by atoms with E-state index in [4.69, 9.17) is 15.2 Å². The Labute approximate surface area is 254 Å². The number of nitrogens with two attached hydrogens (primary N) is 1. The molecule has 5 aliphatic rings. The number of rotatable bonds is 6. The third kappa shape index (κ3) is 3.99. The van der Waals surface area contributed by atoms with Crippen molar-refractivity contribution >= 4 is 23.3 Å². The van der Waals surface area contributed by atoms with E-state index in [1.807, 2.05) is 60.7 Å². The number of benzene rings is 1. The molecule has 1 aliphatic carbocycles. The van der Waals surface area contributed by atoms with Crippen molar-refractivity contribution in [3.63, 3.8) is 0 Å². The molecule has 1 saturated carbocycles. The fraction of sp³-hybridized carbons (Fsp3) is 0.727. The number of amides is 1. The van der Waals surface area contributed by atoms with Crippen molar-refractivity contribution < 1.29 is 29.0 Å². The zero-order valence-corrected chi connectivity index (χ0v) is 26.7. The van der Waals surface area contributed by atoms with E-state index in [1.165, 1.54) is 0 Å². The van der Waals surface area contributed by atoms with E-state index < -0.39 is 39.7 Å². The summed E-state index contributed by atoms with van der Waals surface area (Å²) in [6.07, 6.45) is 1.20. The van der Waals surface area contributed by atoms with Gasteiger partial charge in [-0.05, 0) is 64.6 Å². The van der Waals surface area contributed by atoms with Gasteiger partial charge < -0.3 is 30.9 Å². The molecule has 3 saturated heterocycles. The first kappa shape index (κ1) is 30.6. The Balaban J connectivity index is 1.37. The highest BCUT2D eigenvalue weighted by Crippen LogP contribution is 2.69. The van der Waals surface area contributed by atoms with E-state index in [9.17, 15) is 19.5 Å². The Morgan fingerprint density at radius 2 is 1.88 bits per heavy atom. The molecule has 10 heteroatoms. The van der Waals surface area contributed by atoms with Crippen LogP contribution < -0.4 is 16.4 Å². The number of ether oxygens (including phenoxy) is 2. The summed E-state index contributed by atoms with van der Waals surface area (Å²) >= 11 is 0. The van der Waals surface area contributed by atoms with Gasteiger partial charge in [0.15, 0.2) is 5.78 Å². The van der Waals surface area contributed by atoms with Crippen LogP contribution in [0.4, 0.5) is 5.69 Å². The van der Waals surface area contributed by atoms with Gasteiger partial charge in [0.05, 0.1) is 27.8 Å². The van der Waals surface area contributed by atoms with Crippen LogP contribution >= 0.6 is 0 Å². The fourth-order valence-corrected chi connectivity index (χ4v) is 9.11. The molecule has 0 unspecified atom stereocenters. The van der Waals surface area contributed by atoms with Crippen molar-refractivity contribution in [1.82, 2.24) is 10.2 Å². The number of para-hydroxylation sites is 1. The van der Waals surface area contributed by atoms with Crippen LogP contribution in [-0.4, -0.2) is 88.3 Å². The number of piperidine rings is 2. The maximum atomic E-state index is 14.3. The molecule has 0 radical (unpaired) electrons. The maximum Gasteiger partial charge on any atom is 0.323 e. The molecule has 43 heavy (non-hydrogen) atoms. The maximum absolute atomic E-state index is 14.3. The van der Waals surface area contributed by atoms with E-state index >= 15 is 0 Å². The second-order valence-corrected chi connectivity index (χ2v) is 15.2. The number of Topliss-reactive ketones (excluding diaryl/α,β-unsaturated/α-hetero) is 1. The van der Waals surface area contributed by atoms with Gasteiger partial charge in [0.1, 0.15) is 18.2 Å². The lowest BCUT2D eigenvalue weighted by Gasteiger charge is -2.60. The van der Waals surface area contributed by atoms with Crippen LogP contribution in [0.1, 0.15) is 90.1 Å². The molecular weight excluding hydrogens is 548 g/mol. The van der Waals surface area contributed by atoms with Gasteiger partial charge in [0, 0.05) is 36.0 Å². The molecule has 1 aromatic carbocycles. The number of hydrogen-bond donors (Lipinski definition) is 4. The Bertz CT molecular complexity index is 1380. The molecular formula is C33H48N4O6. The molecule has 0 aromatic heterocycles. The molecule has 4 heterocycles. The molecule has 1 aromatic rings. The number of epoxide rings is 1. The van der Waals surface area contributed by atoms with Crippen molar-refractivity contribution in [2.45, 2.75) is 127 Å². The molecule has 236 valence electrons. The van der Waals surface area contributed by atoms with Gasteiger partial charge in [-0.3, -0.25) is 19.3 Å². The van der Waals surface area contributed by atoms with Crippen LogP contribution in [0.5, 0.6) is 0 Å². The smallest absolute Gasteiger partial charge is 0.323 e. The van der Waals surface area contributed by atoms with Crippen LogP contribution in [0.25, 0.3) is 0 Å². The van der Waals surface area contributed by atoms with Gasteiger partial charge in [0.25, 0.3) is 0 Å². The van der Waals surface area contributed by atoms with E-state index in [0.29, 0.717) is 43.5 Å². The summed E-state index contributed by atoms with van der Waals surface area (Å²) in [5.74, 6) is -0.740. The van der Waals surface area contributed by atoms with E-state index in [2.05, 4.69) is 22.5 Å². The Hall–Kier alpha value is -2.37. The molecule has 1 amide bonds. The predicted molar refractivity (Wildman–Crippen MR) is 162 cm³/mol. The first-order valence-electron chi connectivity index (χ1n) is 15.8. The van der Waals surface area contributed by atoms with Gasteiger partial charge in [-0.15, -0.1) is 0 Å². The number of hydrogen-bond acceptors (Lipinski definition) is 9. The standard InChI is InChI=1S/C33H48N4O6/c1-17(2)23(34)27(39)42-20-12-18(3)37-16-31(35-8)15-32(30(6,7)33(31,41)14-19(37)13-20)22-11-9-10-21(24(22)36-28(32)40)25(38)26-29(4,5)43-26/h9-11,17-20,23,26,35,41H,12-16,34H2,1-8H3,(H,36,40)/t18-,19+,20+,23-,26+,31+,32-,33-/m0/s1. The first-order valence-corrected chi connectivity index (χ1v) is 15.8. The molecule has 5 N–H and O–H groups in total. The highest BCUT2D eigenvalue weighted by Gasteiger charge is 2.79. The van der Waals surface area contributed by atoms with Gasteiger partial charge in [0.2, 0.25) is 5.91 Å². The Morgan fingerprint density at radius 3 is 2.49 bits per heavy atom. The fourth-order valence-electron chi connectivity index (χ4n) is 9.11.